The van der Waals surface area contributed by atoms with Gasteiger partial charge in [0.25, 0.3) is 0 Å². The standard InChI is InChI=1S/2C15H12O2/c16-13-10-15(11-6-2-1-3-7-11)17-14-9-5-4-8-12(13)14;16-15-13(11-6-2-1-3-7-11)10-12-8-4-5-9-14(12)17-15/h1-9,15H,10H2;1-9,13H,10H2. The van der Waals surface area contributed by atoms with Crippen molar-refractivity contribution >= 4 is 11.8 Å². The summed E-state index contributed by atoms with van der Waals surface area (Å²) in [4.78, 5) is 23.9. The molecule has 4 heteroatoms. The molecule has 0 saturated carbocycles. The average Bonchev–Trinajstić information content (AvgIpc) is 2.90. The second-order valence-corrected chi connectivity index (χ2v) is 8.34. The van der Waals surface area contributed by atoms with E-state index in [0.717, 1.165) is 23.1 Å². The van der Waals surface area contributed by atoms with Crippen LogP contribution in [0.5, 0.6) is 11.5 Å². The van der Waals surface area contributed by atoms with E-state index >= 15 is 0 Å². The van der Waals surface area contributed by atoms with Gasteiger partial charge < -0.3 is 9.47 Å². The number of hydrogen-bond acceptors (Lipinski definition) is 4. The molecule has 2 heterocycles. The van der Waals surface area contributed by atoms with E-state index in [1.54, 1.807) is 0 Å². The second-order valence-electron chi connectivity index (χ2n) is 8.34. The quantitative estimate of drug-likeness (QED) is 0.266. The number of carbonyl (C=O) groups excluding carboxylic acids is 2. The van der Waals surface area contributed by atoms with Gasteiger partial charge in [-0.05, 0) is 41.3 Å². The summed E-state index contributed by atoms with van der Waals surface area (Å²) in [7, 11) is 0. The number of ketones is 1. The number of para-hydroxylation sites is 2. The average molecular weight is 449 g/mol. The maximum Gasteiger partial charge on any atom is 0.319 e. The Balaban J connectivity index is 0.000000142. The fourth-order valence-electron chi connectivity index (χ4n) is 4.32. The lowest BCUT2D eigenvalue weighted by molar-refractivity contribution is -0.137. The molecule has 0 amide bonds. The number of rotatable bonds is 2. The maximum absolute atomic E-state index is 12.0. The summed E-state index contributed by atoms with van der Waals surface area (Å²) in [6, 6.07) is 34.8. The zero-order valence-electron chi connectivity index (χ0n) is 18.6. The summed E-state index contributed by atoms with van der Waals surface area (Å²) >= 11 is 0. The summed E-state index contributed by atoms with van der Waals surface area (Å²) in [5.74, 6) is 1.21. The van der Waals surface area contributed by atoms with E-state index in [2.05, 4.69) is 0 Å². The molecule has 6 rings (SSSR count). The first-order valence-electron chi connectivity index (χ1n) is 11.4. The molecule has 0 radical (unpaired) electrons. The van der Waals surface area contributed by atoms with Crippen molar-refractivity contribution in [2.45, 2.75) is 24.9 Å². The van der Waals surface area contributed by atoms with Gasteiger partial charge in [-0.1, -0.05) is 91.0 Å². The molecule has 0 spiro atoms. The molecular weight excluding hydrogens is 424 g/mol. The van der Waals surface area contributed by atoms with Gasteiger partial charge in [0.1, 0.15) is 17.6 Å². The molecule has 168 valence electrons. The zero-order valence-corrected chi connectivity index (χ0v) is 18.6. The Kier molecular flexibility index (Phi) is 6.21. The van der Waals surface area contributed by atoms with Crippen molar-refractivity contribution in [2.24, 2.45) is 0 Å². The van der Waals surface area contributed by atoms with Crippen molar-refractivity contribution < 1.29 is 19.1 Å². The first-order valence-corrected chi connectivity index (χ1v) is 11.4. The van der Waals surface area contributed by atoms with E-state index in [9.17, 15) is 9.59 Å². The van der Waals surface area contributed by atoms with Gasteiger partial charge in [0.2, 0.25) is 0 Å². The Labute approximate surface area is 198 Å². The smallest absolute Gasteiger partial charge is 0.319 e. The minimum Gasteiger partial charge on any atom is -0.484 e. The normalized spacial score (nSPS) is 18.4. The summed E-state index contributed by atoms with van der Waals surface area (Å²) in [6.07, 6.45) is 0.985. The molecule has 2 aliphatic rings. The van der Waals surface area contributed by atoms with Crippen LogP contribution in [-0.2, 0) is 11.2 Å². The van der Waals surface area contributed by atoms with Crippen LogP contribution in [0.4, 0.5) is 0 Å². The highest BCUT2D eigenvalue weighted by molar-refractivity contribution is 5.99. The van der Waals surface area contributed by atoms with E-state index in [1.807, 2.05) is 109 Å². The van der Waals surface area contributed by atoms with Crippen LogP contribution in [0.2, 0.25) is 0 Å². The van der Waals surface area contributed by atoms with E-state index in [-0.39, 0.29) is 23.8 Å². The van der Waals surface area contributed by atoms with Crippen molar-refractivity contribution in [3.8, 4) is 11.5 Å². The van der Waals surface area contributed by atoms with Crippen molar-refractivity contribution in [2.75, 3.05) is 0 Å². The van der Waals surface area contributed by atoms with Crippen LogP contribution in [0.3, 0.4) is 0 Å². The van der Waals surface area contributed by atoms with Crippen LogP contribution in [0.1, 0.15) is 45.5 Å². The Hall–Kier alpha value is -4.18. The number of benzene rings is 4. The maximum atomic E-state index is 12.0. The van der Waals surface area contributed by atoms with Gasteiger partial charge in [-0.3, -0.25) is 9.59 Å². The molecule has 0 aliphatic carbocycles. The molecule has 0 fully saturated rings. The van der Waals surface area contributed by atoms with Gasteiger partial charge in [0.15, 0.2) is 5.78 Å². The molecule has 0 aromatic heterocycles. The molecule has 4 aromatic rings. The highest BCUT2D eigenvalue weighted by Crippen LogP contribution is 2.35. The Morgan fingerprint density at radius 1 is 0.588 bits per heavy atom. The van der Waals surface area contributed by atoms with E-state index in [4.69, 9.17) is 9.47 Å². The fraction of sp³-hybridized carbons (Fsp3) is 0.133. The summed E-state index contributed by atoms with van der Waals surface area (Å²) < 4.78 is 11.2. The van der Waals surface area contributed by atoms with Crippen molar-refractivity contribution in [3.05, 3.63) is 131 Å². The van der Waals surface area contributed by atoms with Gasteiger partial charge in [-0.15, -0.1) is 0 Å². The third-order valence-electron chi connectivity index (χ3n) is 6.09. The minimum atomic E-state index is -0.175. The van der Waals surface area contributed by atoms with E-state index in [0.29, 0.717) is 23.5 Å². The van der Waals surface area contributed by atoms with E-state index in [1.165, 1.54) is 0 Å². The molecule has 2 aliphatic heterocycles. The predicted molar refractivity (Wildman–Crippen MR) is 130 cm³/mol. The fourth-order valence-corrected chi connectivity index (χ4v) is 4.32. The first kappa shape index (κ1) is 21.7. The van der Waals surface area contributed by atoms with Crippen molar-refractivity contribution in [1.82, 2.24) is 0 Å². The number of carbonyl (C=O) groups is 2. The highest BCUT2D eigenvalue weighted by atomic mass is 16.5. The van der Waals surface area contributed by atoms with Crippen LogP contribution < -0.4 is 9.47 Å². The molecule has 34 heavy (non-hydrogen) atoms. The van der Waals surface area contributed by atoms with Gasteiger partial charge >= 0.3 is 5.97 Å². The molecule has 4 nitrogen and oxygen atoms in total. The third-order valence-corrected chi connectivity index (χ3v) is 6.09. The SMILES string of the molecule is O=C1CC(c2ccccc2)Oc2ccccc21.O=C1Oc2ccccc2CC1c1ccccc1. The molecule has 0 bridgehead atoms. The molecule has 2 atom stereocenters. The second kappa shape index (κ2) is 9.75. The molecular formula is C30H24O4. The Bertz CT molecular complexity index is 1300. The summed E-state index contributed by atoms with van der Waals surface area (Å²) in [6.45, 7) is 0. The lowest BCUT2D eigenvalue weighted by atomic mass is 9.90. The first-order chi connectivity index (χ1) is 16.7. The number of fused-ring (bicyclic) bond motifs is 2. The monoisotopic (exact) mass is 448 g/mol. The van der Waals surface area contributed by atoms with Crippen LogP contribution in [0.15, 0.2) is 109 Å². The number of Topliss-reactive ketones (excluding diaryl/α,β-unsaturated/α-hetero) is 1. The lowest BCUT2D eigenvalue weighted by Crippen LogP contribution is -2.25. The lowest BCUT2D eigenvalue weighted by Gasteiger charge is -2.25. The summed E-state index contributed by atoms with van der Waals surface area (Å²) in [5, 5.41) is 0. The van der Waals surface area contributed by atoms with Crippen LogP contribution in [0.25, 0.3) is 0 Å². The number of hydrogen-bond donors (Lipinski definition) is 0. The topological polar surface area (TPSA) is 52.6 Å². The van der Waals surface area contributed by atoms with Gasteiger partial charge in [-0.25, -0.2) is 0 Å². The molecule has 2 unspecified atom stereocenters. The van der Waals surface area contributed by atoms with Crippen LogP contribution >= 0.6 is 0 Å². The predicted octanol–water partition coefficient (Wildman–Crippen LogP) is 6.33. The largest absolute Gasteiger partial charge is 0.484 e. The molecule has 4 aromatic carbocycles. The van der Waals surface area contributed by atoms with Gasteiger partial charge in [-0.2, -0.15) is 0 Å². The number of ether oxygens (including phenoxy) is 2. The molecule has 0 N–H and O–H groups in total. The Morgan fingerprint density at radius 2 is 1.18 bits per heavy atom. The Morgan fingerprint density at radius 3 is 1.91 bits per heavy atom. The molecule has 0 saturated heterocycles. The van der Waals surface area contributed by atoms with Crippen LogP contribution in [0, 0.1) is 0 Å². The van der Waals surface area contributed by atoms with E-state index < -0.39 is 0 Å². The number of esters is 1. The third kappa shape index (κ3) is 4.62. The van der Waals surface area contributed by atoms with Gasteiger partial charge in [0, 0.05) is 0 Å². The minimum absolute atomic E-state index is 0.153. The van der Waals surface area contributed by atoms with Crippen LogP contribution in [-0.4, -0.2) is 11.8 Å². The zero-order chi connectivity index (χ0) is 23.3. The van der Waals surface area contributed by atoms with Gasteiger partial charge in [0.05, 0.1) is 17.9 Å². The van der Waals surface area contributed by atoms with Crippen molar-refractivity contribution in [3.63, 3.8) is 0 Å². The van der Waals surface area contributed by atoms with Crippen molar-refractivity contribution in [1.29, 1.82) is 0 Å². The summed E-state index contributed by atoms with van der Waals surface area (Å²) in [5.41, 5.74) is 3.86. The highest BCUT2D eigenvalue weighted by Gasteiger charge is 2.29.